The Bertz CT molecular complexity index is 455. The van der Waals surface area contributed by atoms with Gasteiger partial charge in [-0.15, -0.1) is 0 Å². The number of nitrogen functional groups attached to an aromatic ring is 1. The standard InChI is InChI=1S/C9H11FN6/c10-7-5-14-9(11)15-8(7)13-2-4-16-3-1-12-6-16/h1,3,5-6H,2,4H2,(H3,11,13,14,15). The van der Waals surface area contributed by atoms with E-state index in [9.17, 15) is 4.39 Å². The summed E-state index contributed by atoms with van der Waals surface area (Å²) in [4.78, 5) is 11.2. The lowest BCUT2D eigenvalue weighted by Crippen LogP contribution is -2.12. The largest absolute Gasteiger partial charge is 0.368 e. The summed E-state index contributed by atoms with van der Waals surface area (Å²) < 4.78 is 15.0. The van der Waals surface area contributed by atoms with Gasteiger partial charge in [0.05, 0.1) is 12.5 Å². The van der Waals surface area contributed by atoms with Crippen molar-refractivity contribution in [3.63, 3.8) is 0 Å². The van der Waals surface area contributed by atoms with Crippen molar-refractivity contribution in [2.24, 2.45) is 0 Å². The van der Waals surface area contributed by atoms with Gasteiger partial charge in [-0.25, -0.2) is 14.4 Å². The maximum absolute atomic E-state index is 13.2. The normalized spacial score (nSPS) is 10.3. The number of aromatic nitrogens is 4. The lowest BCUT2D eigenvalue weighted by molar-refractivity contribution is 0.615. The first-order valence-corrected chi connectivity index (χ1v) is 4.73. The smallest absolute Gasteiger partial charge is 0.222 e. The molecule has 0 atom stereocenters. The van der Waals surface area contributed by atoms with Gasteiger partial charge in [0.15, 0.2) is 11.6 Å². The van der Waals surface area contributed by atoms with Crippen LogP contribution in [0.1, 0.15) is 0 Å². The molecule has 7 heteroatoms. The Hall–Kier alpha value is -2.18. The fraction of sp³-hybridized carbons (Fsp3) is 0.222. The number of nitrogens with zero attached hydrogens (tertiary/aromatic N) is 4. The van der Waals surface area contributed by atoms with Crippen LogP contribution < -0.4 is 11.1 Å². The van der Waals surface area contributed by atoms with E-state index in [4.69, 9.17) is 5.73 Å². The van der Waals surface area contributed by atoms with Crippen LogP contribution in [0.5, 0.6) is 0 Å². The molecular formula is C9H11FN6. The molecule has 0 spiro atoms. The second kappa shape index (κ2) is 4.56. The van der Waals surface area contributed by atoms with Crippen LogP contribution in [0.2, 0.25) is 0 Å². The molecule has 2 aromatic rings. The van der Waals surface area contributed by atoms with E-state index in [-0.39, 0.29) is 11.8 Å². The van der Waals surface area contributed by atoms with Crippen molar-refractivity contribution in [1.82, 2.24) is 19.5 Å². The van der Waals surface area contributed by atoms with E-state index in [1.54, 1.807) is 12.5 Å². The molecular weight excluding hydrogens is 211 g/mol. The third kappa shape index (κ3) is 2.44. The van der Waals surface area contributed by atoms with Crippen molar-refractivity contribution >= 4 is 11.8 Å². The average molecular weight is 222 g/mol. The highest BCUT2D eigenvalue weighted by molar-refractivity contribution is 5.38. The molecule has 0 bridgehead atoms. The van der Waals surface area contributed by atoms with Crippen LogP contribution in [0.4, 0.5) is 16.2 Å². The van der Waals surface area contributed by atoms with Gasteiger partial charge < -0.3 is 15.6 Å². The zero-order valence-electron chi connectivity index (χ0n) is 8.47. The Morgan fingerprint density at radius 3 is 3.12 bits per heavy atom. The minimum Gasteiger partial charge on any atom is -0.368 e. The summed E-state index contributed by atoms with van der Waals surface area (Å²) in [5.41, 5.74) is 5.35. The Morgan fingerprint density at radius 1 is 1.50 bits per heavy atom. The second-order valence-electron chi connectivity index (χ2n) is 3.15. The molecule has 0 aromatic carbocycles. The van der Waals surface area contributed by atoms with Crippen molar-refractivity contribution in [2.75, 3.05) is 17.6 Å². The van der Waals surface area contributed by atoms with Gasteiger partial charge in [-0.1, -0.05) is 0 Å². The number of anilines is 2. The molecule has 2 rings (SSSR count). The highest BCUT2D eigenvalue weighted by atomic mass is 19.1. The molecule has 0 saturated heterocycles. The third-order valence-corrected chi connectivity index (χ3v) is 1.98. The molecule has 0 aliphatic heterocycles. The van der Waals surface area contributed by atoms with E-state index in [1.807, 2.05) is 10.8 Å². The first-order chi connectivity index (χ1) is 7.75. The second-order valence-corrected chi connectivity index (χ2v) is 3.15. The van der Waals surface area contributed by atoms with Gasteiger partial charge in [-0.05, 0) is 0 Å². The summed E-state index contributed by atoms with van der Waals surface area (Å²) in [7, 11) is 0. The lowest BCUT2D eigenvalue weighted by atomic mass is 10.5. The lowest BCUT2D eigenvalue weighted by Gasteiger charge is -2.06. The van der Waals surface area contributed by atoms with Gasteiger partial charge in [0.2, 0.25) is 5.95 Å². The molecule has 0 radical (unpaired) electrons. The number of rotatable bonds is 4. The molecule has 0 unspecified atom stereocenters. The van der Waals surface area contributed by atoms with Crippen molar-refractivity contribution in [3.05, 3.63) is 30.7 Å². The Kier molecular flexibility index (Phi) is 2.95. The number of nitrogens with two attached hydrogens (primary N) is 1. The molecule has 0 saturated carbocycles. The molecule has 0 aliphatic rings. The molecule has 84 valence electrons. The molecule has 3 N–H and O–H groups in total. The maximum Gasteiger partial charge on any atom is 0.222 e. The summed E-state index contributed by atoms with van der Waals surface area (Å²) in [5, 5.41) is 2.84. The number of hydrogen-bond donors (Lipinski definition) is 2. The quantitative estimate of drug-likeness (QED) is 0.787. The minimum atomic E-state index is -0.514. The van der Waals surface area contributed by atoms with Crippen LogP contribution in [-0.4, -0.2) is 26.1 Å². The Morgan fingerprint density at radius 2 is 2.38 bits per heavy atom. The fourth-order valence-corrected chi connectivity index (χ4v) is 1.23. The van der Waals surface area contributed by atoms with Crippen LogP contribution in [0.3, 0.4) is 0 Å². The van der Waals surface area contributed by atoms with Gasteiger partial charge in [-0.2, -0.15) is 4.98 Å². The maximum atomic E-state index is 13.2. The van der Waals surface area contributed by atoms with Crippen LogP contribution >= 0.6 is 0 Å². The van der Waals surface area contributed by atoms with Crippen LogP contribution in [0.25, 0.3) is 0 Å². The highest BCUT2D eigenvalue weighted by Gasteiger charge is 2.03. The van der Waals surface area contributed by atoms with Gasteiger partial charge >= 0.3 is 0 Å². The number of halogens is 1. The molecule has 2 aromatic heterocycles. The number of nitrogens with one attached hydrogen (secondary N) is 1. The Balaban J connectivity index is 1.92. The summed E-state index contributed by atoms with van der Waals surface area (Å²) in [6.45, 7) is 1.20. The van der Waals surface area contributed by atoms with Crippen molar-refractivity contribution in [1.29, 1.82) is 0 Å². The van der Waals surface area contributed by atoms with Gasteiger partial charge in [0.1, 0.15) is 0 Å². The van der Waals surface area contributed by atoms with Crippen molar-refractivity contribution in [3.8, 4) is 0 Å². The summed E-state index contributed by atoms with van der Waals surface area (Å²) >= 11 is 0. The molecule has 0 aliphatic carbocycles. The van der Waals surface area contributed by atoms with Crippen molar-refractivity contribution in [2.45, 2.75) is 6.54 Å². The topological polar surface area (TPSA) is 81.6 Å². The van der Waals surface area contributed by atoms with Crippen LogP contribution in [0.15, 0.2) is 24.9 Å². The van der Waals surface area contributed by atoms with Crippen LogP contribution in [-0.2, 0) is 6.54 Å². The zero-order chi connectivity index (χ0) is 11.4. The minimum absolute atomic E-state index is 0.0477. The van der Waals surface area contributed by atoms with E-state index in [2.05, 4.69) is 20.3 Å². The van der Waals surface area contributed by atoms with E-state index < -0.39 is 5.82 Å². The molecule has 16 heavy (non-hydrogen) atoms. The first-order valence-electron chi connectivity index (χ1n) is 4.73. The Labute approximate surface area is 91.4 Å². The van der Waals surface area contributed by atoms with Crippen LogP contribution in [0, 0.1) is 5.82 Å². The van der Waals surface area contributed by atoms with E-state index in [1.165, 1.54) is 0 Å². The molecule has 0 fully saturated rings. The fourth-order valence-electron chi connectivity index (χ4n) is 1.23. The third-order valence-electron chi connectivity index (χ3n) is 1.98. The summed E-state index contributed by atoms with van der Waals surface area (Å²) in [5.74, 6) is -0.348. The summed E-state index contributed by atoms with van der Waals surface area (Å²) in [6, 6.07) is 0. The summed E-state index contributed by atoms with van der Waals surface area (Å²) in [6.07, 6.45) is 6.24. The van der Waals surface area contributed by atoms with Gasteiger partial charge in [0, 0.05) is 25.5 Å². The predicted molar refractivity (Wildman–Crippen MR) is 57.1 cm³/mol. The highest BCUT2D eigenvalue weighted by Crippen LogP contribution is 2.09. The van der Waals surface area contributed by atoms with E-state index in [0.29, 0.717) is 13.1 Å². The van der Waals surface area contributed by atoms with Crippen molar-refractivity contribution < 1.29 is 4.39 Å². The molecule has 2 heterocycles. The molecule has 6 nitrogen and oxygen atoms in total. The van der Waals surface area contributed by atoms with E-state index >= 15 is 0 Å². The van der Waals surface area contributed by atoms with E-state index in [0.717, 1.165) is 6.20 Å². The number of imidazole rings is 1. The zero-order valence-corrected chi connectivity index (χ0v) is 8.47. The predicted octanol–water partition coefficient (Wildman–Crippen LogP) is 0.506. The first kappa shape index (κ1) is 10.3. The monoisotopic (exact) mass is 222 g/mol. The molecule has 0 amide bonds. The SMILES string of the molecule is Nc1ncc(F)c(NCCn2ccnc2)n1. The van der Waals surface area contributed by atoms with Gasteiger partial charge in [0.25, 0.3) is 0 Å². The number of hydrogen-bond acceptors (Lipinski definition) is 5. The average Bonchev–Trinajstić information content (AvgIpc) is 2.76. The van der Waals surface area contributed by atoms with Gasteiger partial charge in [-0.3, -0.25) is 0 Å².